The average Bonchev–Trinajstić information content (AvgIpc) is 2.71. The number of halogens is 1. The van der Waals surface area contributed by atoms with Crippen molar-refractivity contribution in [3.63, 3.8) is 0 Å². The van der Waals surface area contributed by atoms with Gasteiger partial charge in [0.2, 0.25) is 5.91 Å². The van der Waals surface area contributed by atoms with Crippen molar-refractivity contribution in [1.82, 2.24) is 9.13 Å². The van der Waals surface area contributed by atoms with E-state index in [1.165, 1.54) is 9.13 Å². The van der Waals surface area contributed by atoms with E-state index in [1.54, 1.807) is 40.0 Å². The summed E-state index contributed by atoms with van der Waals surface area (Å²) in [6.07, 6.45) is 0.0808. The number of nitrogens with zero attached hydrogens (tertiary/aromatic N) is 2. The number of fused-ring (bicyclic) bond motifs is 1. The summed E-state index contributed by atoms with van der Waals surface area (Å²) < 4.78 is 8.78. The number of primary amides is 1. The van der Waals surface area contributed by atoms with Crippen LogP contribution in [0.4, 0.5) is 0 Å². The number of benzene rings is 1. The third-order valence-corrected chi connectivity index (χ3v) is 4.38. The molecule has 1 aromatic heterocycles. The van der Waals surface area contributed by atoms with E-state index in [2.05, 4.69) is 15.9 Å². The van der Waals surface area contributed by atoms with E-state index in [0.717, 1.165) is 4.47 Å². The molecule has 2 N–H and O–H groups in total. The fraction of sp³-hybridized carbons (Fsp3) is 0.471. The van der Waals surface area contributed by atoms with E-state index in [4.69, 9.17) is 10.5 Å². The lowest BCUT2D eigenvalue weighted by atomic mass is 10.1. The molecule has 0 radical (unpaired) electrons. The molecule has 2 aromatic rings. The van der Waals surface area contributed by atoms with Gasteiger partial charge in [0.1, 0.15) is 11.6 Å². The molecular formula is C17H22BrN3O4. The Kier molecular flexibility index (Phi) is 5.41. The molecule has 0 aliphatic carbocycles. The highest BCUT2D eigenvalue weighted by Crippen LogP contribution is 2.26. The minimum absolute atomic E-state index is 0.0122. The standard InChI is InChI=1S/C17H22BrN3O4/c1-17(2,3)25-13(22)9-8-12(15(19)23)21-11-7-5-6-10(18)14(11)20(4)16(21)24/h5-7,12H,8-9H2,1-4H3,(H2,19,23). The second-order valence-electron chi connectivity index (χ2n) is 6.86. The second-order valence-corrected chi connectivity index (χ2v) is 7.72. The largest absolute Gasteiger partial charge is 0.460 e. The number of esters is 1. The van der Waals surface area contributed by atoms with E-state index < -0.39 is 23.5 Å². The van der Waals surface area contributed by atoms with Crippen molar-refractivity contribution in [2.45, 2.75) is 45.3 Å². The summed E-state index contributed by atoms with van der Waals surface area (Å²) in [5.74, 6) is -1.11. The lowest BCUT2D eigenvalue weighted by Gasteiger charge is -2.20. The number of aryl methyl sites for hydroxylation is 1. The molecule has 136 valence electrons. The maximum Gasteiger partial charge on any atom is 0.329 e. The molecule has 0 aliphatic rings. The molecule has 0 spiro atoms. The number of carbonyl (C=O) groups is 2. The first kappa shape index (κ1) is 19.2. The highest BCUT2D eigenvalue weighted by atomic mass is 79.9. The molecule has 0 saturated heterocycles. The molecule has 2 rings (SSSR count). The predicted molar refractivity (Wildman–Crippen MR) is 98.2 cm³/mol. The number of rotatable bonds is 5. The summed E-state index contributed by atoms with van der Waals surface area (Å²) in [6, 6.07) is 4.39. The van der Waals surface area contributed by atoms with Crippen molar-refractivity contribution < 1.29 is 14.3 Å². The van der Waals surface area contributed by atoms with Crippen LogP contribution in [0.2, 0.25) is 0 Å². The van der Waals surface area contributed by atoms with E-state index in [1.807, 2.05) is 6.07 Å². The van der Waals surface area contributed by atoms with Gasteiger partial charge in [0.25, 0.3) is 0 Å². The summed E-state index contributed by atoms with van der Waals surface area (Å²) in [4.78, 5) is 36.6. The van der Waals surface area contributed by atoms with Gasteiger partial charge in [-0.3, -0.25) is 18.7 Å². The third kappa shape index (κ3) is 4.12. The maximum absolute atomic E-state index is 12.6. The van der Waals surface area contributed by atoms with Gasteiger partial charge in [0, 0.05) is 17.9 Å². The van der Waals surface area contributed by atoms with Crippen molar-refractivity contribution >= 4 is 38.8 Å². The van der Waals surface area contributed by atoms with Gasteiger partial charge < -0.3 is 10.5 Å². The van der Waals surface area contributed by atoms with E-state index in [-0.39, 0.29) is 18.5 Å². The van der Waals surface area contributed by atoms with Gasteiger partial charge >= 0.3 is 11.7 Å². The molecule has 0 fully saturated rings. The molecule has 1 unspecified atom stereocenters. The smallest absolute Gasteiger partial charge is 0.329 e. The zero-order valence-corrected chi connectivity index (χ0v) is 16.3. The van der Waals surface area contributed by atoms with Crippen LogP contribution < -0.4 is 11.4 Å². The molecule has 0 bridgehead atoms. The average molecular weight is 412 g/mol. The fourth-order valence-corrected chi connectivity index (χ4v) is 3.36. The Morgan fingerprint density at radius 2 is 1.96 bits per heavy atom. The van der Waals surface area contributed by atoms with E-state index in [0.29, 0.717) is 11.0 Å². The minimum atomic E-state index is -0.932. The highest BCUT2D eigenvalue weighted by molar-refractivity contribution is 9.10. The van der Waals surface area contributed by atoms with E-state index in [9.17, 15) is 14.4 Å². The van der Waals surface area contributed by atoms with Gasteiger partial charge in [-0.1, -0.05) is 6.07 Å². The summed E-state index contributed by atoms with van der Waals surface area (Å²) in [7, 11) is 1.62. The van der Waals surface area contributed by atoms with Crippen LogP contribution >= 0.6 is 15.9 Å². The van der Waals surface area contributed by atoms with Gasteiger partial charge in [-0.05, 0) is 55.3 Å². The lowest BCUT2D eigenvalue weighted by molar-refractivity contribution is -0.155. The molecule has 1 atom stereocenters. The van der Waals surface area contributed by atoms with Crippen LogP contribution in [-0.2, 0) is 21.4 Å². The number of para-hydroxylation sites is 1. The van der Waals surface area contributed by atoms with Crippen molar-refractivity contribution in [3.05, 3.63) is 33.2 Å². The Labute approximate surface area is 153 Å². The fourth-order valence-electron chi connectivity index (χ4n) is 2.74. The number of carbonyl (C=O) groups excluding carboxylic acids is 2. The number of aromatic nitrogens is 2. The molecule has 7 nitrogen and oxygen atoms in total. The van der Waals surface area contributed by atoms with Crippen molar-refractivity contribution in [2.75, 3.05) is 0 Å². The van der Waals surface area contributed by atoms with Gasteiger partial charge in [0.15, 0.2) is 0 Å². The lowest BCUT2D eigenvalue weighted by Crippen LogP contribution is -2.35. The molecule has 25 heavy (non-hydrogen) atoms. The third-order valence-electron chi connectivity index (χ3n) is 3.74. The number of ether oxygens (including phenoxy) is 1. The molecule has 1 heterocycles. The van der Waals surface area contributed by atoms with Crippen LogP contribution in [0.15, 0.2) is 27.5 Å². The van der Waals surface area contributed by atoms with Crippen LogP contribution in [0, 0.1) is 0 Å². The number of amides is 1. The number of nitrogens with two attached hydrogens (primary N) is 1. The minimum Gasteiger partial charge on any atom is -0.460 e. The Morgan fingerprint density at radius 3 is 2.52 bits per heavy atom. The Bertz CT molecular complexity index is 876. The topological polar surface area (TPSA) is 96.3 Å². The van der Waals surface area contributed by atoms with Crippen LogP contribution in [0.5, 0.6) is 0 Å². The summed E-state index contributed by atoms with van der Waals surface area (Å²) in [6.45, 7) is 5.30. The summed E-state index contributed by atoms with van der Waals surface area (Å²) >= 11 is 3.41. The van der Waals surface area contributed by atoms with Crippen LogP contribution in [0.3, 0.4) is 0 Å². The van der Waals surface area contributed by atoms with Gasteiger partial charge in [0.05, 0.1) is 11.0 Å². The quantitative estimate of drug-likeness (QED) is 0.762. The molecular weight excluding hydrogens is 390 g/mol. The van der Waals surface area contributed by atoms with Crippen molar-refractivity contribution in [1.29, 1.82) is 0 Å². The first-order valence-corrected chi connectivity index (χ1v) is 8.69. The summed E-state index contributed by atoms with van der Waals surface area (Å²) in [5, 5.41) is 0. The van der Waals surface area contributed by atoms with Crippen LogP contribution in [0.25, 0.3) is 11.0 Å². The first-order chi connectivity index (χ1) is 11.5. The maximum atomic E-state index is 12.6. The first-order valence-electron chi connectivity index (χ1n) is 7.89. The normalized spacial score (nSPS) is 13.0. The molecule has 8 heteroatoms. The van der Waals surface area contributed by atoms with Gasteiger partial charge in [-0.25, -0.2) is 4.79 Å². The van der Waals surface area contributed by atoms with Gasteiger partial charge in [-0.15, -0.1) is 0 Å². The zero-order valence-electron chi connectivity index (χ0n) is 14.7. The Balaban J connectivity index is 2.39. The summed E-state index contributed by atoms with van der Waals surface area (Å²) in [5.41, 5.74) is 5.78. The van der Waals surface area contributed by atoms with Crippen molar-refractivity contribution in [2.24, 2.45) is 12.8 Å². The van der Waals surface area contributed by atoms with Crippen LogP contribution in [-0.4, -0.2) is 26.6 Å². The zero-order chi connectivity index (χ0) is 18.9. The monoisotopic (exact) mass is 411 g/mol. The predicted octanol–water partition coefficient (Wildman–Crippen LogP) is 2.25. The second kappa shape index (κ2) is 7.03. The van der Waals surface area contributed by atoms with Crippen molar-refractivity contribution in [3.8, 4) is 0 Å². The Hall–Kier alpha value is -2.09. The number of hydrogen-bond acceptors (Lipinski definition) is 4. The van der Waals surface area contributed by atoms with Crippen LogP contribution in [0.1, 0.15) is 39.7 Å². The van der Waals surface area contributed by atoms with Gasteiger partial charge in [-0.2, -0.15) is 0 Å². The highest BCUT2D eigenvalue weighted by Gasteiger charge is 2.26. The molecule has 0 aliphatic heterocycles. The molecule has 0 saturated carbocycles. The molecule has 1 amide bonds. The number of hydrogen-bond donors (Lipinski definition) is 1. The SMILES string of the molecule is Cn1c(=O)n(C(CCC(=O)OC(C)(C)C)C(N)=O)c2cccc(Br)c21. The Morgan fingerprint density at radius 1 is 1.32 bits per heavy atom. The van der Waals surface area contributed by atoms with E-state index >= 15 is 0 Å². The molecule has 1 aromatic carbocycles. The number of imidazole rings is 1.